The van der Waals surface area contributed by atoms with E-state index < -0.39 is 0 Å². The Bertz CT molecular complexity index is 526. The Labute approximate surface area is 143 Å². The Balaban J connectivity index is 1.56. The third kappa shape index (κ3) is 4.53. The lowest BCUT2D eigenvalue weighted by Crippen LogP contribution is -2.48. The van der Waals surface area contributed by atoms with E-state index in [2.05, 4.69) is 16.0 Å². The zero-order valence-corrected chi connectivity index (χ0v) is 14.4. The quantitative estimate of drug-likeness (QED) is 0.701. The van der Waals surface area contributed by atoms with Crippen molar-refractivity contribution in [2.75, 3.05) is 46.6 Å². The van der Waals surface area contributed by atoms with Gasteiger partial charge < -0.3 is 14.4 Å². The van der Waals surface area contributed by atoms with Gasteiger partial charge in [0.1, 0.15) is 6.61 Å². The van der Waals surface area contributed by atoms with Crippen LogP contribution in [0.5, 0.6) is 0 Å². The van der Waals surface area contributed by atoms with Crippen LogP contribution in [-0.2, 0) is 20.8 Å². The third-order valence-corrected chi connectivity index (χ3v) is 4.88. The van der Waals surface area contributed by atoms with E-state index in [-0.39, 0.29) is 12.5 Å². The molecule has 3 aliphatic rings. The summed E-state index contributed by atoms with van der Waals surface area (Å²) in [4.78, 5) is 21.4. The molecule has 0 unspecified atom stereocenters. The van der Waals surface area contributed by atoms with Crippen molar-refractivity contribution in [3.05, 3.63) is 30.1 Å². The number of methoxy groups -OCH3 is 1. The molecule has 3 aliphatic heterocycles. The summed E-state index contributed by atoms with van der Waals surface area (Å²) >= 11 is 0. The molecule has 3 saturated heterocycles. The molecule has 24 heavy (non-hydrogen) atoms. The summed E-state index contributed by atoms with van der Waals surface area (Å²) < 4.78 is 10.4. The molecular weight excluding hydrogens is 306 g/mol. The number of pyridine rings is 1. The molecule has 6 heteroatoms. The number of aromatic nitrogens is 1. The first kappa shape index (κ1) is 17.3. The van der Waals surface area contributed by atoms with Crippen molar-refractivity contribution < 1.29 is 14.3 Å². The summed E-state index contributed by atoms with van der Waals surface area (Å²) in [5.41, 5.74) is 1.10. The van der Waals surface area contributed by atoms with Crippen LogP contribution in [0.15, 0.2) is 24.4 Å². The van der Waals surface area contributed by atoms with Crippen LogP contribution in [0, 0.1) is 5.92 Å². The summed E-state index contributed by atoms with van der Waals surface area (Å²) in [6.45, 7) is 4.84. The Hall–Kier alpha value is -1.50. The number of ether oxygens (including phenoxy) is 2. The maximum absolute atomic E-state index is 12.5. The molecule has 0 spiro atoms. The summed E-state index contributed by atoms with van der Waals surface area (Å²) in [7, 11) is 1.63. The summed E-state index contributed by atoms with van der Waals surface area (Å²) in [5.74, 6) is 0.663. The van der Waals surface area contributed by atoms with Gasteiger partial charge >= 0.3 is 0 Å². The molecule has 4 rings (SSSR count). The Morgan fingerprint density at radius 1 is 1.25 bits per heavy atom. The molecule has 4 heterocycles. The number of carbonyl (C=O) groups excluding carboxylic acids is 1. The maximum atomic E-state index is 12.5. The molecular formula is C18H27N3O3. The van der Waals surface area contributed by atoms with Gasteiger partial charge in [-0.25, -0.2) is 0 Å². The lowest BCUT2D eigenvalue weighted by molar-refractivity contribution is -0.140. The van der Waals surface area contributed by atoms with Crippen molar-refractivity contribution in [1.82, 2.24) is 14.8 Å². The van der Waals surface area contributed by atoms with Crippen LogP contribution in [0.3, 0.4) is 0 Å². The van der Waals surface area contributed by atoms with Crippen LogP contribution in [0.4, 0.5) is 0 Å². The lowest BCUT2D eigenvalue weighted by Gasteiger charge is -2.36. The number of hydrogen-bond acceptors (Lipinski definition) is 5. The van der Waals surface area contributed by atoms with E-state index in [1.165, 1.54) is 6.42 Å². The molecule has 3 fully saturated rings. The van der Waals surface area contributed by atoms with E-state index in [9.17, 15) is 4.79 Å². The highest BCUT2D eigenvalue weighted by Gasteiger charge is 2.37. The second-order valence-electron chi connectivity index (χ2n) is 6.70. The van der Waals surface area contributed by atoms with Crippen molar-refractivity contribution >= 4 is 5.91 Å². The zero-order valence-electron chi connectivity index (χ0n) is 14.4. The summed E-state index contributed by atoms with van der Waals surface area (Å²) in [6, 6.07) is 6.34. The van der Waals surface area contributed by atoms with Crippen LogP contribution in [0.1, 0.15) is 18.5 Å². The first-order valence-electron chi connectivity index (χ1n) is 8.74. The van der Waals surface area contributed by atoms with Crippen LogP contribution in [0.25, 0.3) is 0 Å². The molecule has 132 valence electrons. The molecule has 6 nitrogen and oxygen atoms in total. The van der Waals surface area contributed by atoms with Crippen molar-refractivity contribution in [3.63, 3.8) is 0 Å². The van der Waals surface area contributed by atoms with E-state index in [0.717, 1.165) is 38.3 Å². The average molecular weight is 333 g/mol. The fourth-order valence-corrected chi connectivity index (χ4v) is 3.72. The monoisotopic (exact) mass is 333 g/mol. The van der Waals surface area contributed by atoms with Crippen molar-refractivity contribution in [3.8, 4) is 0 Å². The highest BCUT2D eigenvalue weighted by molar-refractivity contribution is 5.78. The zero-order chi connectivity index (χ0) is 16.8. The van der Waals surface area contributed by atoms with Gasteiger partial charge in [-0.1, -0.05) is 6.07 Å². The standard InChI is InChI=1S/C18H27N3O3/c1-23-8-9-24-14-18(22)21-11-15-5-6-17(21)13-20(10-15)12-16-4-2-3-7-19-16/h2-4,7,15,17H,5-6,8-14H2,1H3/t15-,17+/m0/s1. The van der Waals surface area contributed by atoms with Crippen LogP contribution >= 0.6 is 0 Å². The molecule has 0 N–H and O–H groups in total. The molecule has 1 amide bonds. The fourth-order valence-electron chi connectivity index (χ4n) is 3.72. The molecule has 2 bridgehead atoms. The number of rotatable bonds is 7. The van der Waals surface area contributed by atoms with Crippen LogP contribution in [0.2, 0.25) is 0 Å². The van der Waals surface area contributed by atoms with E-state index >= 15 is 0 Å². The van der Waals surface area contributed by atoms with Gasteiger partial charge in [-0.15, -0.1) is 0 Å². The van der Waals surface area contributed by atoms with E-state index in [0.29, 0.717) is 25.2 Å². The highest BCUT2D eigenvalue weighted by atomic mass is 16.5. The Morgan fingerprint density at radius 2 is 2.17 bits per heavy atom. The van der Waals surface area contributed by atoms with Crippen LogP contribution in [-0.4, -0.2) is 73.3 Å². The second kappa shape index (κ2) is 8.55. The average Bonchev–Trinajstić information content (AvgIpc) is 2.90. The molecule has 1 aromatic rings. The molecule has 0 aromatic carbocycles. The number of piperidine rings is 1. The first-order valence-corrected chi connectivity index (χ1v) is 8.74. The lowest BCUT2D eigenvalue weighted by atomic mass is 9.95. The largest absolute Gasteiger partial charge is 0.382 e. The van der Waals surface area contributed by atoms with Gasteiger partial charge in [0.25, 0.3) is 0 Å². The molecule has 1 aromatic heterocycles. The van der Waals surface area contributed by atoms with Crippen molar-refractivity contribution in [2.24, 2.45) is 5.92 Å². The normalized spacial score (nSPS) is 24.1. The minimum atomic E-state index is 0.112. The van der Waals surface area contributed by atoms with Crippen LogP contribution < -0.4 is 0 Å². The maximum Gasteiger partial charge on any atom is 0.248 e. The van der Waals surface area contributed by atoms with Gasteiger partial charge in [0.2, 0.25) is 5.91 Å². The van der Waals surface area contributed by atoms with Gasteiger partial charge in [0.15, 0.2) is 0 Å². The fraction of sp³-hybridized carbons (Fsp3) is 0.667. The minimum absolute atomic E-state index is 0.112. The number of fused-ring (bicyclic) bond motifs is 4. The smallest absolute Gasteiger partial charge is 0.248 e. The van der Waals surface area contributed by atoms with Gasteiger partial charge in [-0.05, 0) is 30.9 Å². The van der Waals surface area contributed by atoms with Gasteiger partial charge in [-0.3, -0.25) is 14.7 Å². The second-order valence-corrected chi connectivity index (χ2v) is 6.70. The number of nitrogens with zero attached hydrogens (tertiary/aromatic N) is 3. The van der Waals surface area contributed by atoms with Gasteiger partial charge in [0.05, 0.1) is 18.9 Å². The van der Waals surface area contributed by atoms with Crippen molar-refractivity contribution in [2.45, 2.75) is 25.4 Å². The topological polar surface area (TPSA) is 54.9 Å². The van der Waals surface area contributed by atoms with Gasteiger partial charge in [0, 0.05) is 45.5 Å². The van der Waals surface area contributed by atoms with E-state index in [1.807, 2.05) is 23.2 Å². The minimum Gasteiger partial charge on any atom is -0.382 e. The van der Waals surface area contributed by atoms with E-state index in [4.69, 9.17) is 9.47 Å². The molecule has 0 aliphatic carbocycles. The Kier molecular flexibility index (Phi) is 6.18. The molecule has 2 atom stereocenters. The number of hydrogen-bond donors (Lipinski definition) is 0. The molecule has 0 saturated carbocycles. The Morgan fingerprint density at radius 3 is 2.96 bits per heavy atom. The predicted octanol–water partition coefficient (Wildman–Crippen LogP) is 1.17. The van der Waals surface area contributed by atoms with E-state index in [1.54, 1.807) is 7.11 Å². The SMILES string of the molecule is COCCOCC(=O)N1C[C@H]2CC[C@@H]1CN(Cc1ccccn1)C2. The summed E-state index contributed by atoms with van der Waals surface area (Å²) in [5, 5.41) is 0. The molecule has 0 radical (unpaired) electrons. The highest BCUT2D eigenvalue weighted by Crippen LogP contribution is 2.28. The summed E-state index contributed by atoms with van der Waals surface area (Å²) in [6.07, 6.45) is 4.14. The first-order chi connectivity index (χ1) is 11.8. The third-order valence-electron chi connectivity index (χ3n) is 4.88. The number of amides is 1. The number of carbonyl (C=O) groups is 1. The van der Waals surface area contributed by atoms with Gasteiger partial charge in [-0.2, -0.15) is 0 Å². The predicted molar refractivity (Wildman–Crippen MR) is 90.4 cm³/mol. The van der Waals surface area contributed by atoms with Crippen molar-refractivity contribution in [1.29, 1.82) is 0 Å².